The summed E-state index contributed by atoms with van der Waals surface area (Å²) in [5.74, 6) is 3.95. The number of ether oxygens (including phenoxy) is 1. The molecule has 24 heavy (non-hydrogen) atoms. The van der Waals surface area contributed by atoms with Crippen LogP contribution >= 0.6 is 11.8 Å². The van der Waals surface area contributed by atoms with Crippen molar-refractivity contribution in [2.75, 3.05) is 24.6 Å². The monoisotopic (exact) mass is 343 g/mol. The number of hydrogen-bond acceptors (Lipinski definition) is 5. The Hall–Kier alpha value is -2.21. The van der Waals surface area contributed by atoms with Crippen molar-refractivity contribution in [3.8, 4) is 11.6 Å². The van der Waals surface area contributed by atoms with E-state index < -0.39 is 0 Å². The van der Waals surface area contributed by atoms with Crippen LogP contribution < -0.4 is 4.74 Å². The molecule has 0 amide bonds. The van der Waals surface area contributed by atoms with E-state index in [1.165, 1.54) is 0 Å². The van der Waals surface area contributed by atoms with Crippen LogP contribution in [-0.2, 0) is 0 Å². The quantitative estimate of drug-likeness (QED) is 0.399. The van der Waals surface area contributed by atoms with E-state index in [9.17, 15) is 5.21 Å². The summed E-state index contributed by atoms with van der Waals surface area (Å²) in [6.07, 6.45) is 1.69. The fourth-order valence-corrected chi connectivity index (χ4v) is 3.67. The molecule has 1 aromatic carbocycles. The number of benzene rings is 1. The van der Waals surface area contributed by atoms with Crippen molar-refractivity contribution in [2.24, 2.45) is 5.16 Å². The maximum absolute atomic E-state index is 9.38. The van der Waals surface area contributed by atoms with Gasteiger partial charge in [0.05, 0.1) is 0 Å². The third kappa shape index (κ3) is 4.00. The van der Waals surface area contributed by atoms with E-state index in [1.54, 1.807) is 12.3 Å². The van der Waals surface area contributed by atoms with Crippen molar-refractivity contribution in [3.63, 3.8) is 0 Å². The Morgan fingerprint density at radius 1 is 1.17 bits per heavy atom. The molecule has 0 bridgehead atoms. The Morgan fingerprint density at radius 3 is 2.46 bits per heavy atom. The lowest BCUT2D eigenvalue weighted by atomic mass is 10.1. The fourth-order valence-electron chi connectivity index (χ4n) is 2.76. The highest BCUT2D eigenvalue weighted by Gasteiger charge is 2.17. The Morgan fingerprint density at radius 2 is 1.88 bits per heavy atom. The van der Waals surface area contributed by atoms with Crippen molar-refractivity contribution in [1.29, 1.82) is 0 Å². The first kappa shape index (κ1) is 16.6. The van der Waals surface area contributed by atoms with E-state index in [-0.39, 0.29) is 0 Å². The van der Waals surface area contributed by atoms with E-state index in [4.69, 9.17) is 4.74 Å². The molecule has 3 rings (SSSR count). The largest absolute Gasteiger partial charge is 0.439 e. The topological polar surface area (TPSA) is 58.0 Å². The van der Waals surface area contributed by atoms with Crippen molar-refractivity contribution >= 4 is 17.6 Å². The minimum absolute atomic E-state index is 0.523. The number of rotatable bonds is 3. The highest BCUT2D eigenvalue weighted by Crippen LogP contribution is 2.23. The van der Waals surface area contributed by atoms with E-state index >= 15 is 0 Å². The number of pyridine rings is 1. The van der Waals surface area contributed by atoms with Gasteiger partial charge in [-0.1, -0.05) is 11.2 Å². The molecule has 2 aromatic rings. The smallest absolute Gasteiger partial charge is 0.219 e. The molecular formula is C18H21N3O2S. The summed E-state index contributed by atoms with van der Waals surface area (Å²) >= 11 is 1.91. The van der Waals surface area contributed by atoms with Crippen molar-refractivity contribution < 1.29 is 9.94 Å². The second-order valence-electron chi connectivity index (χ2n) is 5.83. The first-order valence-corrected chi connectivity index (χ1v) is 9.08. The third-order valence-corrected chi connectivity index (χ3v) is 4.76. The summed E-state index contributed by atoms with van der Waals surface area (Å²) in [4.78, 5) is 6.43. The molecule has 0 atom stereocenters. The summed E-state index contributed by atoms with van der Waals surface area (Å²) in [7, 11) is 0. The number of thioether (sulfide) groups is 1. The number of hydrogen-bond donors (Lipinski definition) is 1. The van der Waals surface area contributed by atoms with Crippen LogP contribution in [0.1, 0.15) is 16.7 Å². The summed E-state index contributed by atoms with van der Waals surface area (Å²) in [6, 6.07) is 9.74. The molecule has 0 saturated carbocycles. The van der Waals surface area contributed by atoms with Gasteiger partial charge in [-0.3, -0.25) is 0 Å². The van der Waals surface area contributed by atoms with Gasteiger partial charge in [0, 0.05) is 42.4 Å². The molecule has 1 fully saturated rings. The molecule has 126 valence electrons. The van der Waals surface area contributed by atoms with Crippen molar-refractivity contribution in [3.05, 3.63) is 53.2 Å². The lowest BCUT2D eigenvalue weighted by Crippen LogP contribution is -2.38. The Kier molecular flexibility index (Phi) is 5.25. The van der Waals surface area contributed by atoms with Crippen LogP contribution in [0, 0.1) is 13.8 Å². The third-order valence-electron chi connectivity index (χ3n) is 3.82. The van der Waals surface area contributed by atoms with Gasteiger partial charge in [-0.25, -0.2) is 4.98 Å². The van der Waals surface area contributed by atoms with E-state index in [0.29, 0.717) is 11.7 Å². The molecule has 0 spiro atoms. The van der Waals surface area contributed by atoms with Crippen LogP contribution in [0.25, 0.3) is 0 Å². The normalized spacial score (nSPS) is 15.4. The summed E-state index contributed by atoms with van der Waals surface area (Å²) in [5, 5.41) is 12.8. The number of amidine groups is 1. The highest BCUT2D eigenvalue weighted by atomic mass is 32.2. The molecule has 0 aliphatic carbocycles. The Balaban J connectivity index is 1.74. The van der Waals surface area contributed by atoms with Gasteiger partial charge in [-0.15, -0.1) is 0 Å². The van der Waals surface area contributed by atoms with Crippen molar-refractivity contribution in [1.82, 2.24) is 9.88 Å². The summed E-state index contributed by atoms with van der Waals surface area (Å²) in [5.41, 5.74) is 3.09. The second kappa shape index (κ2) is 7.57. The Labute approximate surface area is 146 Å². The lowest BCUT2D eigenvalue weighted by Gasteiger charge is -2.28. The van der Waals surface area contributed by atoms with E-state index in [0.717, 1.165) is 47.0 Å². The zero-order chi connectivity index (χ0) is 16.9. The molecule has 1 saturated heterocycles. The van der Waals surface area contributed by atoms with Gasteiger partial charge >= 0.3 is 0 Å². The van der Waals surface area contributed by atoms with Crippen LogP contribution in [-0.4, -0.2) is 45.5 Å². The number of aryl methyl sites for hydroxylation is 2. The van der Waals surface area contributed by atoms with Gasteiger partial charge in [-0.05, 0) is 43.2 Å². The molecule has 5 nitrogen and oxygen atoms in total. The molecule has 0 radical (unpaired) electrons. The van der Waals surface area contributed by atoms with E-state index in [1.807, 2.05) is 43.8 Å². The number of aromatic nitrogens is 1. The van der Waals surface area contributed by atoms with Gasteiger partial charge in [-0.2, -0.15) is 11.8 Å². The second-order valence-corrected chi connectivity index (χ2v) is 7.06. The fraction of sp³-hybridized carbons (Fsp3) is 0.333. The molecule has 1 aliphatic rings. The average molecular weight is 343 g/mol. The predicted molar refractivity (Wildman–Crippen MR) is 97.4 cm³/mol. The Bertz CT molecular complexity index is 705. The molecule has 2 heterocycles. The molecular weight excluding hydrogens is 322 g/mol. The zero-order valence-electron chi connectivity index (χ0n) is 13.9. The molecule has 1 aliphatic heterocycles. The molecule has 1 aromatic heterocycles. The van der Waals surface area contributed by atoms with Crippen LogP contribution in [0.3, 0.4) is 0 Å². The highest BCUT2D eigenvalue weighted by molar-refractivity contribution is 7.99. The average Bonchev–Trinajstić information content (AvgIpc) is 2.57. The number of nitrogens with zero attached hydrogens (tertiary/aromatic N) is 3. The predicted octanol–water partition coefficient (Wildman–Crippen LogP) is 3.68. The first-order chi connectivity index (χ1) is 11.7. The van der Waals surface area contributed by atoms with Gasteiger partial charge in [0.25, 0.3) is 0 Å². The zero-order valence-corrected chi connectivity index (χ0v) is 14.7. The maximum Gasteiger partial charge on any atom is 0.219 e. The minimum atomic E-state index is 0.523. The van der Waals surface area contributed by atoms with Gasteiger partial charge < -0.3 is 14.8 Å². The van der Waals surface area contributed by atoms with Gasteiger partial charge in [0.15, 0.2) is 5.84 Å². The van der Waals surface area contributed by atoms with Crippen LogP contribution in [0.5, 0.6) is 11.6 Å². The molecule has 0 unspecified atom stereocenters. The van der Waals surface area contributed by atoms with E-state index in [2.05, 4.69) is 21.1 Å². The lowest BCUT2D eigenvalue weighted by molar-refractivity contribution is 0.303. The van der Waals surface area contributed by atoms with Crippen LogP contribution in [0.2, 0.25) is 0 Å². The molecule has 1 N–H and O–H groups in total. The van der Waals surface area contributed by atoms with Crippen LogP contribution in [0.4, 0.5) is 0 Å². The van der Waals surface area contributed by atoms with Gasteiger partial charge in [0.2, 0.25) is 5.88 Å². The first-order valence-electron chi connectivity index (χ1n) is 7.93. The standard InChI is InChI=1S/C18H21N3O2S/c1-13-9-14(2)11-16(10-13)23-17-4-3-15(12-19-17)18(20-22)21-5-7-24-8-6-21/h3-4,9-12,22H,5-8H2,1-2H3/b20-18-. The summed E-state index contributed by atoms with van der Waals surface area (Å²) < 4.78 is 5.82. The summed E-state index contributed by atoms with van der Waals surface area (Å²) in [6.45, 7) is 5.84. The molecule has 6 heteroatoms. The van der Waals surface area contributed by atoms with Gasteiger partial charge in [0.1, 0.15) is 5.75 Å². The van der Waals surface area contributed by atoms with Crippen LogP contribution in [0.15, 0.2) is 41.7 Å². The maximum atomic E-state index is 9.38. The van der Waals surface area contributed by atoms with Crippen molar-refractivity contribution in [2.45, 2.75) is 13.8 Å². The SMILES string of the molecule is Cc1cc(C)cc(Oc2ccc(/C(=N/O)N3CCSCC3)cn2)c1. The number of oxime groups is 1. The minimum Gasteiger partial charge on any atom is -0.439 e.